The molecule has 0 radical (unpaired) electrons. The molecule has 0 saturated carbocycles. The van der Waals surface area contributed by atoms with Crippen molar-refractivity contribution >= 4 is 5.91 Å². The summed E-state index contributed by atoms with van der Waals surface area (Å²) in [6.45, 7) is 4.19. The van der Waals surface area contributed by atoms with Gasteiger partial charge < -0.3 is 15.5 Å². The second kappa shape index (κ2) is 51.9. The van der Waals surface area contributed by atoms with E-state index in [1.807, 2.05) is 6.08 Å². The van der Waals surface area contributed by atoms with Crippen molar-refractivity contribution in [1.82, 2.24) is 5.32 Å². The van der Waals surface area contributed by atoms with Crippen LogP contribution in [0.1, 0.15) is 251 Å². The molecule has 352 valence electrons. The third-order valence-electron chi connectivity index (χ3n) is 11.6. The molecule has 0 fully saturated rings. The summed E-state index contributed by atoms with van der Waals surface area (Å²) in [7, 11) is 0. The Hall–Kier alpha value is -2.43. The van der Waals surface area contributed by atoms with Gasteiger partial charge >= 0.3 is 0 Å². The highest BCUT2D eigenvalue weighted by Crippen LogP contribution is 2.15. The summed E-state index contributed by atoms with van der Waals surface area (Å²) in [5.41, 5.74) is 0. The van der Waals surface area contributed by atoms with E-state index in [0.29, 0.717) is 6.42 Å². The maximum atomic E-state index is 12.4. The zero-order chi connectivity index (χ0) is 44.2. The van der Waals surface area contributed by atoms with Gasteiger partial charge in [-0.2, -0.15) is 0 Å². The molecule has 0 saturated heterocycles. The van der Waals surface area contributed by atoms with Gasteiger partial charge in [0.15, 0.2) is 0 Å². The van der Waals surface area contributed by atoms with Gasteiger partial charge in [-0.25, -0.2) is 0 Å². The van der Waals surface area contributed by atoms with Crippen LogP contribution in [0.25, 0.3) is 0 Å². The SMILES string of the molecule is CC/C=C\C/C=C\C/C=C\C/C=C\CCCCCCCCCCCCC(=O)NC(CO)C(O)/C=C/CC/C=C/CC/C=C/CCCCCCCCCCCCCCCCCC. The minimum Gasteiger partial charge on any atom is -0.394 e. The summed E-state index contributed by atoms with van der Waals surface area (Å²) in [6, 6.07) is -0.654. The lowest BCUT2D eigenvalue weighted by Crippen LogP contribution is -2.45. The molecule has 0 aromatic carbocycles. The quantitative estimate of drug-likeness (QED) is 0.0422. The Labute approximate surface area is 380 Å². The van der Waals surface area contributed by atoms with Crippen LogP contribution in [0.4, 0.5) is 0 Å². The molecule has 4 heteroatoms. The third kappa shape index (κ3) is 48.5. The van der Waals surface area contributed by atoms with Crippen molar-refractivity contribution in [2.24, 2.45) is 0 Å². The highest BCUT2D eigenvalue weighted by atomic mass is 16.3. The maximum absolute atomic E-state index is 12.4. The number of carbonyl (C=O) groups excluding carboxylic acids is 1. The van der Waals surface area contributed by atoms with E-state index >= 15 is 0 Å². The summed E-state index contributed by atoms with van der Waals surface area (Å²) in [5, 5.41) is 23.1. The molecule has 0 heterocycles. The lowest BCUT2D eigenvalue weighted by Gasteiger charge is -2.19. The molecule has 2 atom stereocenters. The van der Waals surface area contributed by atoms with E-state index in [-0.39, 0.29) is 12.5 Å². The fraction of sp³-hybridized carbons (Fsp3) is 0.737. The fourth-order valence-electron chi connectivity index (χ4n) is 7.61. The molecule has 0 aliphatic rings. The number of hydrogen-bond acceptors (Lipinski definition) is 3. The summed E-state index contributed by atoms with van der Waals surface area (Å²) >= 11 is 0. The molecule has 0 rings (SSSR count). The van der Waals surface area contributed by atoms with E-state index < -0.39 is 12.1 Å². The van der Waals surface area contributed by atoms with Gasteiger partial charge in [0.2, 0.25) is 5.91 Å². The van der Waals surface area contributed by atoms with Crippen molar-refractivity contribution in [2.75, 3.05) is 6.61 Å². The summed E-state index contributed by atoms with van der Waals surface area (Å²) in [5.74, 6) is -0.0845. The lowest BCUT2D eigenvalue weighted by molar-refractivity contribution is -0.123. The number of nitrogens with one attached hydrogen (secondary N) is 1. The van der Waals surface area contributed by atoms with Crippen molar-refractivity contribution in [3.05, 3.63) is 85.1 Å². The van der Waals surface area contributed by atoms with Crippen LogP contribution in [-0.2, 0) is 4.79 Å². The van der Waals surface area contributed by atoms with Crippen LogP contribution in [0.5, 0.6) is 0 Å². The molecule has 4 nitrogen and oxygen atoms in total. The van der Waals surface area contributed by atoms with E-state index in [9.17, 15) is 15.0 Å². The van der Waals surface area contributed by atoms with Crippen molar-refractivity contribution in [3.8, 4) is 0 Å². The summed E-state index contributed by atoms with van der Waals surface area (Å²) < 4.78 is 0. The highest BCUT2D eigenvalue weighted by molar-refractivity contribution is 5.76. The molecule has 0 spiro atoms. The minimum atomic E-state index is -0.878. The summed E-state index contributed by atoms with van der Waals surface area (Å²) in [6.07, 6.45) is 75.8. The Bertz CT molecular complexity index is 1100. The molecule has 0 aliphatic carbocycles. The number of unbranched alkanes of at least 4 members (excludes halogenated alkanes) is 28. The number of aliphatic hydroxyl groups is 2. The zero-order valence-corrected chi connectivity index (χ0v) is 40.4. The molecule has 1 amide bonds. The molecule has 0 aliphatic heterocycles. The number of aliphatic hydroxyl groups excluding tert-OH is 2. The van der Waals surface area contributed by atoms with Gasteiger partial charge in [0.05, 0.1) is 18.8 Å². The van der Waals surface area contributed by atoms with E-state index in [1.165, 1.54) is 167 Å². The van der Waals surface area contributed by atoms with Crippen molar-refractivity contribution < 1.29 is 15.0 Å². The predicted molar refractivity (Wildman–Crippen MR) is 271 cm³/mol. The standard InChI is InChI=1S/C57H101NO3/c1-3-5-7-9-11-13-15-17-19-21-23-25-27-28-29-31-32-34-36-38-40-42-44-46-48-50-52-56(60)55(54-59)58-57(61)53-51-49-47-45-43-41-39-37-35-33-30-26-24-22-20-18-16-14-12-10-8-6-4-2/h6,8,12,14,18,20,24,26,34,36,42,44,50,52,55-56,59-60H,3-5,7,9-11,13,15-17,19,21-23,25,27-33,35,37-41,43,45-49,51,53-54H2,1-2H3,(H,58,61)/b8-6-,14-12-,20-18-,26-24-,36-34+,44-42+,52-50+. The van der Waals surface area contributed by atoms with E-state index in [4.69, 9.17) is 0 Å². The molecular weight excluding hydrogens is 747 g/mol. The second-order valence-electron chi connectivity index (χ2n) is 17.5. The Morgan fingerprint density at radius 2 is 0.738 bits per heavy atom. The molecule has 0 aromatic rings. The first-order valence-electron chi connectivity index (χ1n) is 26.3. The third-order valence-corrected chi connectivity index (χ3v) is 11.6. The Morgan fingerprint density at radius 3 is 1.15 bits per heavy atom. The monoisotopic (exact) mass is 848 g/mol. The molecule has 61 heavy (non-hydrogen) atoms. The van der Waals surface area contributed by atoms with Gasteiger partial charge in [0.1, 0.15) is 0 Å². The van der Waals surface area contributed by atoms with Gasteiger partial charge in [-0.15, -0.1) is 0 Å². The topological polar surface area (TPSA) is 69.6 Å². The van der Waals surface area contributed by atoms with Gasteiger partial charge in [-0.05, 0) is 83.5 Å². The number of allylic oxidation sites excluding steroid dienone is 13. The average Bonchev–Trinajstić information content (AvgIpc) is 3.26. The van der Waals surface area contributed by atoms with Gasteiger partial charge in [-0.1, -0.05) is 247 Å². The van der Waals surface area contributed by atoms with E-state index in [1.54, 1.807) is 6.08 Å². The lowest BCUT2D eigenvalue weighted by atomic mass is 10.0. The number of carbonyl (C=O) groups is 1. The predicted octanol–water partition coefficient (Wildman–Crippen LogP) is 17.2. The van der Waals surface area contributed by atoms with Crippen molar-refractivity contribution in [3.63, 3.8) is 0 Å². The Kier molecular flexibility index (Phi) is 49.8. The molecule has 0 aromatic heterocycles. The van der Waals surface area contributed by atoms with Crippen LogP contribution in [0.2, 0.25) is 0 Å². The van der Waals surface area contributed by atoms with E-state index in [2.05, 4.69) is 92.1 Å². The van der Waals surface area contributed by atoms with Crippen LogP contribution >= 0.6 is 0 Å². The van der Waals surface area contributed by atoms with E-state index in [0.717, 1.165) is 64.2 Å². The number of amides is 1. The Morgan fingerprint density at radius 1 is 0.410 bits per heavy atom. The first kappa shape index (κ1) is 58.6. The van der Waals surface area contributed by atoms with Crippen LogP contribution in [-0.4, -0.2) is 34.9 Å². The second-order valence-corrected chi connectivity index (χ2v) is 17.5. The number of hydrogen-bond donors (Lipinski definition) is 3. The van der Waals surface area contributed by atoms with Crippen molar-refractivity contribution in [2.45, 2.75) is 264 Å². The van der Waals surface area contributed by atoms with Crippen LogP contribution in [0, 0.1) is 0 Å². The van der Waals surface area contributed by atoms with Gasteiger partial charge in [-0.3, -0.25) is 4.79 Å². The molecule has 3 N–H and O–H groups in total. The molecular formula is C57H101NO3. The van der Waals surface area contributed by atoms with Gasteiger partial charge in [0.25, 0.3) is 0 Å². The number of rotatable bonds is 47. The first-order valence-corrected chi connectivity index (χ1v) is 26.3. The Balaban J connectivity index is 3.61. The first-order chi connectivity index (χ1) is 30.2. The molecule has 2 unspecified atom stereocenters. The summed E-state index contributed by atoms with van der Waals surface area (Å²) in [4.78, 5) is 12.4. The van der Waals surface area contributed by atoms with Gasteiger partial charge in [0, 0.05) is 6.42 Å². The van der Waals surface area contributed by atoms with Crippen LogP contribution in [0.15, 0.2) is 85.1 Å². The fourth-order valence-corrected chi connectivity index (χ4v) is 7.61. The highest BCUT2D eigenvalue weighted by Gasteiger charge is 2.17. The normalized spacial score (nSPS) is 13.6. The van der Waals surface area contributed by atoms with Crippen LogP contribution in [0.3, 0.4) is 0 Å². The largest absolute Gasteiger partial charge is 0.394 e. The average molecular weight is 848 g/mol. The van der Waals surface area contributed by atoms with Crippen LogP contribution < -0.4 is 5.32 Å². The molecule has 0 bridgehead atoms. The minimum absolute atomic E-state index is 0.0845. The maximum Gasteiger partial charge on any atom is 0.220 e. The zero-order valence-electron chi connectivity index (χ0n) is 40.4. The van der Waals surface area contributed by atoms with Crippen molar-refractivity contribution in [1.29, 1.82) is 0 Å². The smallest absolute Gasteiger partial charge is 0.220 e.